The molecule has 0 aliphatic heterocycles. The average Bonchev–Trinajstić information content (AvgIpc) is 3.24. The maximum absolute atomic E-state index is 12.4. The molecule has 2 aromatic carbocycles. The van der Waals surface area contributed by atoms with E-state index in [1.165, 1.54) is 16.9 Å². The molecule has 5 nitrogen and oxygen atoms in total. The molecule has 0 fully saturated rings. The van der Waals surface area contributed by atoms with Crippen LogP contribution in [0.4, 0.5) is 5.69 Å². The van der Waals surface area contributed by atoms with Crippen LogP contribution in [0.1, 0.15) is 17.5 Å². The quantitative estimate of drug-likeness (QED) is 0.356. The molecule has 0 atom stereocenters. The number of anilines is 1. The van der Waals surface area contributed by atoms with Crippen molar-refractivity contribution >= 4 is 33.6 Å². The van der Waals surface area contributed by atoms with E-state index in [2.05, 4.69) is 23.3 Å². The van der Waals surface area contributed by atoms with Gasteiger partial charge in [-0.1, -0.05) is 37.3 Å². The minimum absolute atomic E-state index is 0.381. The van der Waals surface area contributed by atoms with Crippen LogP contribution in [0, 0.1) is 11.3 Å². The van der Waals surface area contributed by atoms with Gasteiger partial charge >= 0.3 is 5.63 Å². The topological polar surface area (TPSA) is 78.9 Å². The predicted molar refractivity (Wildman–Crippen MR) is 117 cm³/mol. The van der Waals surface area contributed by atoms with E-state index in [0.29, 0.717) is 27.4 Å². The van der Waals surface area contributed by atoms with Gasteiger partial charge in [0.1, 0.15) is 22.2 Å². The van der Waals surface area contributed by atoms with Crippen LogP contribution < -0.4 is 10.9 Å². The number of hydrogen-bond acceptors (Lipinski definition) is 6. The second-order valence-corrected chi connectivity index (χ2v) is 7.25. The molecule has 2 aromatic heterocycles. The highest BCUT2D eigenvalue weighted by molar-refractivity contribution is 7.11. The van der Waals surface area contributed by atoms with E-state index in [4.69, 9.17) is 4.42 Å². The SMILES string of the molecule is CCc1ccc(N/C=C(/C#N)c2nc(-c3cc4ccccc4oc3=O)cs2)cc1. The second kappa shape index (κ2) is 8.13. The van der Waals surface area contributed by atoms with Gasteiger partial charge in [-0.25, -0.2) is 9.78 Å². The number of nitrogens with zero attached hydrogens (tertiary/aromatic N) is 2. The van der Waals surface area contributed by atoms with E-state index in [0.717, 1.165) is 17.5 Å². The Balaban J connectivity index is 1.62. The summed E-state index contributed by atoms with van der Waals surface area (Å²) in [6, 6.07) is 19.3. The average molecular weight is 399 g/mol. The number of nitrogens with one attached hydrogen (secondary N) is 1. The lowest BCUT2D eigenvalue weighted by molar-refractivity contribution is 0.563. The molecule has 0 aliphatic rings. The number of aryl methyl sites for hydroxylation is 1. The van der Waals surface area contributed by atoms with Crippen molar-refractivity contribution in [3.05, 3.63) is 87.2 Å². The number of hydrogen-bond donors (Lipinski definition) is 1. The molecule has 4 rings (SSSR count). The molecule has 0 spiro atoms. The zero-order valence-corrected chi connectivity index (χ0v) is 16.5. The summed E-state index contributed by atoms with van der Waals surface area (Å²) in [7, 11) is 0. The Bertz CT molecular complexity index is 1290. The van der Waals surface area contributed by atoms with Crippen LogP contribution in [-0.2, 0) is 6.42 Å². The normalized spacial score (nSPS) is 11.4. The Kier molecular flexibility index (Phi) is 5.23. The predicted octanol–water partition coefficient (Wildman–Crippen LogP) is 5.46. The zero-order chi connectivity index (χ0) is 20.2. The Morgan fingerprint density at radius 2 is 2.03 bits per heavy atom. The van der Waals surface area contributed by atoms with E-state index in [-0.39, 0.29) is 0 Å². The fourth-order valence-corrected chi connectivity index (χ4v) is 3.68. The summed E-state index contributed by atoms with van der Waals surface area (Å²) in [4.78, 5) is 16.8. The largest absolute Gasteiger partial charge is 0.422 e. The summed E-state index contributed by atoms with van der Waals surface area (Å²) in [5.41, 5.74) is 3.50. The minimum Gasteiger partial charge on any atom is -0.422 e. The molecule has 0 radical (unpaired) electrons. The first kappa shape index (κ1) is 18.7. The molecule has 0 saturated heterocycles. The van der Waals surface area contributed by atoms with Gasteiger partial charge in [0.05, 0.1) is 11.3 Å². The number of rotatable bonds is 5. The van der Waals surface area contributed by atoms with E-state index in [1.807, 2.05) is 42.5 Å². The highest BCUT2D eigenvalue weighted by atomic mass is 32.1. The van der Waals surface area contributed by atoms with Gasteiger partial charge in [0.25, 0.3) is 0 Å². The Morgan fingerprint density at radius 1 is 1.24 bits per heavy atom. The second-order valence-electron chi connectivity index (χ2n) is 6.39. The number of benzene rings is 2. The van der Waals surface area contributed by atoms with Gasteiger partial charge in [0, 0.05) is 22.7 Å². The number of nitriles is 1. The first-order valence-corrected chi connectivity index (χ1v) is 10.0. The first-order valence-electron chi connectivity index (χ1n) is 9.13. The van der Waals surface area contributed by atoms with Crippen LogP contribution in [0.2, 0.25) is 0 Å². The van der Waals surface area contributed by atoms with Crippen molar-refractivity contribution in [1.82, 2.24) is 4.98 Å². The molecule has 0 unspecified atom stereocenters. The number of fused-ring (bicyclic) bond motifs is 1. The fraction of sp³-hybridized carbons (Fsp3) is 0.0870. The van der Waals surface area contributed by atoms with Gasteiger partial charge in [-0.15, -0.1) is 11.3 Å². The third kappa shape index (κ3) is 3.96. The van der Waals surface area contributed by atoms with Crippen LogP contribution in [0.3, 0.4) is 0 Å². The molecule has 0 bridgehead atoms. The van der Waals surface area contributed by atoms with Gasteiger partial charge in [0.2, 0.25) is 0 Å². The van der Waals surface area contributed by atoms with E-state index in [1.54, 1.807) is 23.7 Å². The van der Waals surface area contributed by atoms with Crippen LogP contribution >= 0.6 is 11.3 Å². The molecule has 0 aliphatic carbocycles. The van der Waals surface area contributed by atoms with Crippen LogP contribution in [0.5, 0.6) is 0 Å². The molecule has 2 heterocycles. The van der Waals surface area contributed by atoms with Crippen molar-refractivity contribution in [3.8, 4) is 17.3 Å². The highest BCUT2D eigenvalue weighted by Crippen LogP contribution is 2.26. The van der Waals surface area contributed by atoms with E-state index >= 15 is 0 Å². The molecular formula is C23H17N3O2S. The summed E-state index contributed by atoms with van der Waals surface area (Å²) in [6.07, 6.45) is 2.61. The summed E-state index contributed by atoms with van der Waals surface area (Å²) in [5, 5.41) is 15.8. The van der Waals surface area contributed by atoms with Crippen LogP contribution in [0.25, 0.3) is 27.8 Å². The molecule has 1 N–H and O–H groups in total. The minimum atomic E-state index is -0.447. The maximum atomic E-state index is 12.4. The Labute approximate surface area is 171 Å². The van der Waals surface area contributed by atoms with Crippen molar-refractivity contribution in [2.75, 3.05) is 5.32 Å². The standard InChI is InChI=1S/C23H17N3O2S/c1-2-15-7-9-18(10-8-15)25-13-17(12-24)22-26-20(14-29-22)19-11-16-5-3-4-6-21(16)28-23(19)27/h3-11,13-14,25H,2H2,1H3/b17-13-. The first-order chi connectivity index (χ1) is 14.2. The molecule has 0 amide bonds. The number of aromatic nitrogens is 1. The highest BCUT2D eigenvalue weighted by Gasteiger charge is 2.13. The van der Waals surface area contributed by atoms with Gasteiger partial charge in [0.15, 0.2) is 0 Å². The lowest BCUT2D eigenvalue weighted by atomic mass is 10.1. The Morgan fingerprint density at radius 3 is 2.79 bits per heavy atom. The lowest BCUT2D eigenvalue weighted by Crippen LogP contribution is -2.02. The smallest absolute Gasteiger partial charge is 0.345 e. The van der Waals surface area contributed by atoms with Crippen molar-refractivity contribution < 1.29 is 4.42 Å². The monoisotopic (exact) mass is 399 g/mol. The fourth-order valence-electron chi connectivity index (χ4n) is 2.90. The van der Waals surface area contributed by atoms with Crippen molar-refractivity contribution in [1.29, 1.82) is 5.26 Å². The third-order valence-electron chi connectivity index (χ3n) is 4.52. The van der Waals surface area contributed by atoms with Crippen molar-refractivity contribution in [3.63, 3.8) is 0 Å². The third-order valence-corrected chi connectivity index (χ3v) is 5.39. The molecule has 142 valence electrons. The van der Waals surface area contributed by atoms with Gasteiger partial charge in [-0.2, -0.15) is 5.26 Å². The van der Waals surface area contributed by atoms with Gasteiger partial charge in [-0.3, -0.25) is 0 Å². The van der Waals surface area contributed by atoms with E-state index < -0.39 is 5.63 Å². The summed E-state index contributed by atoms with van der Waals surface area (Å²) >= 11 is 1.31. The molecular weight excluding hydrogens is 382 g/mol. The zero-order valence-electron chi connectivity index (χ0n) is 15.7. The van der Waals surface area contributed by atoms with Crippen LogP contribution in [-0.4, -0.2) is 4.98 Å². The Hall–Kier alpha value is -3.69. The number of allylic oxidation sites excluding steroid dienone is 1. The molecule has 0 saturated carbocycles. The number of para-hydroxylation sites is 1. The molecule has 29 heavy (non-hydrogen) atoms. The summed E-state index contributed by atoms with van der Waals surface area (Å²) in [5.74, 6) is 0. The van der Waals surface area contributed by atoms with Gasteiger partial charge < -0.3 is 9.73 Å². The lowest BCUT2D eigenvalue weighted by Gasteiger charge is -2.03. The van der Waals surface area contributed by atoms with Crippen molar-refractivity contribution in [2.45, 2.75) is 13.3 Å². The summed E-state index contributed by atoms with van der Waals surface area (Å²) in [6.45, 7) is 2.10. The van der Waals surface area contributed by atoms with Crippen molar-refractivity contribution in [2.24, 2.45) is 0 Å². The van der Waals surface area contributed by atoms with E-state index in [9.17, 15) is 10.1 Å². The van der Waals surface area contributed by atoms with Crippen LogP contribution in [0.15, 0.2) is 75.4 Å². The number of thiazole rings is 1. The summed E-state index contributed by atoms with van der Waals surface area (Å²) < 4.78 is 5.38. The maximum Gasteiger partial charge on any atom is 0.345 e. The molecule has 6 heteroatoms. The van der Waals surface area contributed by atoms with Gasteiger partial charge in [-0.05, 0) is 36.2 Å². The molecule has 4 aromatic rings.